The van der Waals surface area contributed by atoms with Gasteiger partial charge in [0.25, 0.3) is 0 Å². The summed E-state index contributed by atoms with van der Waals surface area (Å²) < 4.78 is 32.1. The Balaban J connectivity index is 3.97. The van der Waals surface area contributed by atoms with Crippen molar-refractivity contribution in [3.63, 3.8) is 0 Å². The van der Waals surface area contributed by atoms with Gasteiger partial charge in [0.05, 0.1) is 41.4 Å². The highest BCUT2D eigenvalue weighted by molar-refractivity contribution is 7.47. The SMILES string of the molecule is CCCCCCCCCCCCCCCCCC(=O)NCC(COP(=O)(O)OCC[N+](C)(C)C)OC(=O)OC. The van der Waals surface area contributed by atoms with Crippen molar-refractivity contribution in [3.05, 3.63) is 0 Å². The van der Waals surface area contributed by atoms with Crippen LogP contribution >= 0.6 is 7.82 Å². The van der Waals surface area contributed by atoms with Crippen LogP contribution < -0.4 is 5.32 Å². The molecule has 0 aromatic rings. The van der Waals surface area contributed by atoms with Gasteiger partial charge in [0, 0.05) is 6.42 Å². The summed E-state index contributed by atoms with van der Waals surface area (Å²) in [4.78, 5) is 33.6. The molecule has 0 saturated heterocycles. The van der Waals surface area contributed by atoms with Crippen molar-refractivity contribution >= 4 is 19.9 Å². The zero-order valence-corrected chi connectivity index (χ0v) is 26.3. The predicted molar refractivity (Wildman–Crippen MR) is 154 cm³/mol. The van der Waals surface area contributed by atoms with Crippen LogP contribution in [0.25, 0.3) is 0 Å². The van der Waals surface area contributed by atoms with E-state index in [9.17, 15) is 19.0 Å². The first-order valence-corrected chi connectivity index (χ1v) is 16.4. The van der Waals surface area contributed by atoms with E-state index in [0.717, 1.165) is 26.4 Å². The van der Waals surface area contributed by atoms with Gasteiger partial charge in [-0.2, -0.15) is 0 Å². The minimum absolute atomic E-state index is 0.0236. The Labute approximate surface area is 237 Å². The summed E-state index contributed by atoms with van der Waals surface area (Å²) in [5, 5.41) is 2.69. The second kappa shape index (κ2) is 23.5. The maximum atomic E-state index is 12.2. The molecule has 11 heteroatoms. The van der Waals surface area contributed by atoms with E-state index in [0.29, 0.717) is 17.4 Å². The zero-order valence-electron chi connectivity index (χ0n) is 25.4. The molecule has 0 saturated carbocycles. The third-order valence-corrected chi connectivity index (χ3v) is 7.39. The monoisotopic (exact) mass is 581 g/mol. The number of hydrogen-bond acceptors (Lipinski definition) is 7. The summed E-state index contributed by atoms with van der Waals surface area (Å²) in [6.07, 6.45) is 17.3. The molecule has 0 fully saturated rings. The molecule has 1 amide bonds. The van der Waals surface area contributed by atoms with Crippen molar-refractivity contribution in [1.29, 1.82) is 0 Å². The highest BCUT2D eigenvalue weighted by Gasteiger charge is 2.26. The average molecular weight is 582 g/mol. The molecule has 2 N–H and O–H groups in total. The molecule has 2 unspecified atom stereocenters. The Kier molecular flexibility index (Phi) is 22.8. The van der Waals surface area contributed by atoms with Gasteiger partial charge >= 0.3 is 14.0 Å². The molecule has 0 aliphatic heterocycles. The number of nitrogens with one attached hydrogen (secondary N) is 1. The molecule has 10 nitrogen and oxygen atoms in total. The molecule has 232 valence electrons. The van der Waals surface area contributed by atoms with Gasteiger partial charge in [0.1, 0.15) is 19.3 Å². The molecule has 0 heterocycles. The average Bonchev–Trinajstić information content (AvgIpc) is 2.86. The smallest absolute Gasteiger partial charge is 0.438 e. The number of carbonyl (C=O) groups excluding carboxylic acids is 2. The third-order valence-electron chi connectivity index (χ3n) is 6.40. The maximum absolute atomic E-state index is 12.2. The number of methoxy groups -OCH3 is 1. The van der Waals surface area contributed by atoms with Crippen LogP contribution in [0, 0.1) is 0 Å². The summed E-state index contributed by atoms with van der Waals surface area (Å²) in [7, 11) is 2.60. The van der Waals surface area contributed by atoms with E-state index in [1.54, 1.807) is 0 Å². The van der Waals surface area contributed by atoms with Crippen LogP contribution in [0.4, 0.5) is 4.79 Å². The minimum Gasteiger partial charge on any atom is -0.438 e. The fourth-order valence-electron chi connectivity index (χ4n) is 3.94. The molecule has 0 bridgehead atoms. The largest absolute Gasteiger partial charge is 0.508 e. The van der Waals surface area contributed by atoms with Gasteiger partial charge in [-0.05, 0) is 6.42 Å². The Morgan fingerprint density at radius 3 is 1.77 bits per heavy atom. The van der Waals surface area contributed by atoms with Gasteiger partial charge in [-0.15, -0.1) is 0 Å². The van der Waals surface area contributed by atoms with E-state index in [2.05, 4.69) is 17.0 Å². The molecule has 0 aliphatic rings. The number of phosphoric acid groups is 1. The Morgan fingerprint density at radius 2 is 1.31 bits per heavy atom. The molecule has 0 radical (unpaired) electrons. The minimum atomic E-state index is -4.33. The van der Waals surface area contributed by atoms with E-state index < -0.39 is 26.7 Å². The van der Waals surface area contributed by atoms with Crippen molar-refractivity contribution in [2.24, 2.45) is 0 Å². The molecule has 0 aromatic carbocycles. The van der Waals surface area contributed by atoms with Crippen LogP contribution in [-0.2, 0) is 27.9 Å². The Morgan fingerprint density at radius 1 is 0.821 bits per heavy atom. The number of unbranched alkanes of at least 4 members (excludes halogenated alkanes) is 14. The number of ether oxygens (including phenoxy) is 2. The van der Waals surface area contributed by atoms with Crippen LogP contribution in [0.5, 0.6) is 0 Å². The fourth-order valence-corrected chi connectivity index (χ4v) is 4.68. The zero-order chi connectivity index (χ0) is 29.4. The third kappa shape index (κ3) is 26.8. The molecule has 0 aromatic heterocycles. The topological polar surface area (TPSA) is 120 Å². The second-order valence-electron chi connectivity index (χ2n) is 11.3. The number of amides is 1. The van der Waals surface area contributed by atoms with E-state index in [-0.39, 0.29) is 19.1 Å². The second-order valence-corrected chi connectivity index (χ2v) is 12.8. The molecule has 0 rings (SSSR count). The van der Waals surface area contributed by atoms with Gasteiger partial charge in [0.15, 0.2) is 0 Å². The van der Waals surface area contributed by atoms with Crippen LogP contribution in [0.15, 0.2) is 0 Å². The van der Waals surface area contributed by atoms with E-state index in [1.807, 2.05) is 21.1 Å². The Bertz CT molecular complexity index is 672. The van der Waals surface area contributed by atoms with Crippen molar-refractivity contribution in [1.82, 2.24) is 5.32 Å². The van der Waals surface area contributed by atoms with E-state index in [4.69, 9.17) is 13.8 Å². The Hall–Kier alpha value is -1.19. The first-order valence-electron chi connectivity index (χ1n) is 14.9. The highest BCUT2D eigenvalue weighted by atomic mass is 31.2. The lowest BCUT2D eigenvalue weighted by Crippen LogP contribution is -2.38. The summed E-state index contributed by atoms with van der Waals surface area (Å²) in [6.45, 7) is 2.30. The number of phosphoric ester groups is 1. The molecular formula is C28H58N2O8P+. The quantitative estimate of drug-likeness (QED) is 0.0524. The lowest BCUT2D eigenvalue weighted by Gasteiger charge is -2.24. The standard InChI is InChI=1S/C28H57N2O8P/c1-6-7-8-9-10-11-12-13-14-15-16-17-18-19-20-21-27(31)29-24-26(38-28(32)35-5)25-37-39(33,34)36-23-22-30(2,3)4/h26H,6-25H2,1-5H3,(H-,29,31,33,34)/p+1. The predicted octanol–water partition coefficient (Wildman–Crippen LogP) is 6.36. The first kappa shape index (κ1) is 37.8. The molecular weight excluding hydrogens is 523 g/mol. The van der Waals surface area contributed by atoms with Crippen LogP contribution in [0.3, 0.4) is 0 Å². The van der Waals surface area contributed by atoms with Crippen molar-refractivity contribution in [2.45, 2.75) is 116 Å². The normalized spacial score (nSPS) is 14.0. The number of likely N-dealkylation sites (N-methyl/N-ethyl adjacent to an activating group) is 1. The van der Waals surface area contributed by atoms with Crippen LogP contribution in [0.1, 0.15) is 110 Å². The van der Waals surface area contributed by atoms with Gasteiger partial charge in [-0.25, -0.2) is 9.36 Å². The van der Waals surface area contributed by atoms with Crippen molar-refractivity contribution < 1.29 is 42.1 Å². The lowest BCUT2D eigenvalue weighted by atomic mass is 10.0. The van der Waals surface area contributed by atoms with Gasteiger partial charge < -0.3 is 24.2 Å². The van der Waals surface area contributed by atoms with Crippen molar-refractivity contribution in [2.75, 3.05) is 54.6 Å². The van der Waals surface area contributed by atoms with Crippen molar-refractivity contribution in [3.8, 4) is 0 Å². The molecule has 0 aliphatic carbocycles. The summed E-state index contributed by atoms with van der Waals surface area (Å²) >= 11 is 0. The van der Waals surface area contributed by atoms with Gasteiger partial charge in [-0.1, -0.05) is 96.8 Å². The first-order chi connectivity index (χ1) is 18.5. The number of carbonyl (C=O) groups is 2. The molecule has 0 spiro atoms. The fraction of sp³-hybridized carbons (Fsp3) is 0.929. The van der Waals surface area contributed by atoms with Crippen LogP contribution in [0.2, 0.25) is 0 Å². The van der Waals surface area contributed by atoms with E-state index in [1.165, 1.54) is 77.0 Å². The van der Waals surface area contributed by atoms with E-state index >= 15 is 0 Å². The highest BCUT2D eigenvalue weighted by Crippen LogP contribution is 2.43. The summed E-state index contributed by atoms with van der Waals surface area (Å²) in [5.41, 5.74) is 0. The number of hydrogen-bond donors (Lipinski definition) is 2. The molecule has 39 heavy (non-hydrogen) atoms. The number of rotatable bonds is 26. The summed E-state index contributed by atoms with van der Waals surface area (Å²) in [5.74, 6) is -0.172. The number of quaternary nitrogens is 1. The van der Waals surface area contributed by atoms with Gasteiger partial charge in [-0.3, -0.25) is 13.8 Å². The lowest BCUT2D eigenvalue weighted by molar-refractivity contribution is -0.870. The molecule has 2 atom stereocenters. The van der Waals surface area contributed by atoms with Crippen LogP contribution in [-0.4, -0.2) is 82.1 Å². The summed E-state index contributed by atoms with van der Waals surface area (Å²) in [6, 6.07) is 0. The number of nitrogens with zero attached hydrogens (tertiary/aromatic N) is 1. The maximum Gasteiger partial charge on any atom is 0.508 e. The van der Waals surface area contributed by atoms with Gasteiger partial charge in [0.2, 0.25) is 5.91 Å².